The van der Waals surface area contributed by atoms with Crippen LogP contribution in [0.2, 0.25) is 0 Å². The number of hydrogen-bond acceptors (Lipinski definition) is 6. The molecule has 0 spiro atoms. The molecular formula is C12H20O7. The van der Waals surface area contributed by atoms with E-state index in [0.29, 0.717) is 0 Å². The van der Waals surface area contributed by atoms with Crippen molar-refractivity contribution in [3.8, 4) is 0 Å². The Morgan fingerprint density at radius 2 is 1.32 bits per heavy atom. The number of aliphatic hydroxyl groups is 1. The van der Waals surface area contributed by atoms with Gasteiger partial charge in [0.1, 0.15) is 12.2 Å². The molecule has 0 saturated carbocycles. The van der Waals surface area contributed by atoms with Crippen molar-refractivity contribution < 1.29 is 34.1 Å². The van der Waals surface area contributed by atoms with Gasteiger partial charge in [-0.3, -0.25) is 14.4 Å². The molecule has 19 heavy (non-hydrogen) atoms. The molecule has 0 amide bonds. The number of carbonyl (C=O) groups is 3. The summed E-state index contributed by atoms with van der Waals surface area (Å²) < 4.78 is 9.71. The number of carboxylic acids is 1. The van der Waals surface area contributed by atoms with E-state index >= 15 is 0 Å². The molecule has 3 atom stereocenters. The summed E-state index contributed by atoms with van der Waals surface area (Å²) in [6, 6.07) is 0. The minimum atomic E-state index is -1.06. The van der Waals surface area contributed by atoms with Gasteiger partial charge in [0.15, 0.2) is 0 Å². The topological polar surface area (TPSA) is 110 Å². The number of esters is 2. The van der Waals surface area contributed by atoms with Crippen molar-refractivity contribution in [2.24, 2.45) is 0 Å². The highest BCUT2D eigenvalue weighted by molar-refractivity contribution is 5.73. The summed E-state index contributed by atoms with van der Waals surface area (Å²) in [4.78, 5) is 33.0. The second-order valence-corrected chi connectivity index (χ2v) is 4.46. The van der Waals surface area contributed by atoms with Crippen LogP contribution >= 0.6 is 0 Å². The van der Waals surface area contributed by atoms with Crippen molar-refractivity contribution in [1.29, 1.82) is 0 Å². The maximum absolute atomic E-state index is 11.4. The lowest BCUT2D eigenvalue weighted by atomic mass is 10.2. The highest BCUT2D eigenvalue weighted by atomic mass is 16.6. The van der Waals surface area contributed by atoms with E-state index in [1.807, 2.05) is 0 Å². The average Bonchev–Trinajstić information content (AvgIpc) is 2.12. The summed E-state index contributed by atoms with van der Waals surface area (Å²) in [7, 11) is 0. The van der Waals surface area contributed by atoms with Crippen molar-refractivity contribution in [1.82, 2.24) is 0 Å². The van der Waals surface area contributed by atoms with Gasteiger partial charge >= 0.3 is 17.9 Å². The van der Waals surface area contributed by atoms with Crippen LogP contribution in [-0.4, -0.2) is 46.4 Å². The van der Waals surface area contributed by atoms with Gasteiger partial charge in [-0.1, -0.05) is 0 Å². The van der Waals surface area contributed by atoms with Gasteiger partial charge in [0, 0.05) is 0 Å². The Bertz CT molecular complexity index is 324. The standard InChI is InChI=1S/C12H20O7/c1-7(13)4-11(16)19-9(3)6-12(17)18-8(2)5-10(14)15/h7-9,13H,4-6H2,1-3H3,(H,14,15)/t7-,8-,9+/m1/s1. The SMILES string of the molecule is C[C@H](CC(=O)O)OC(=O)C[C@H](C)OC(=O)C[C@@H](C)O. The number of ether oxygens (including phenoxy) is 2. The Morgan fingerprint density at radius 1 is 0.895 bits per heavy atom. The quantitative estimate of drug-likeness (QED) is 0.620. The Balaban J connectivity index is 3.98. The van der Waals surface area contributed by atoms with E-state index < -0.39 is 36.2 Å². The molecule has 0 aromatic heterocycles. The number of aliphatic carboxylic acids is 1. The van der Waals surface area contributed by atoms with E-state index in [-0.39, 0.29) is 19.3 Å². The number of aliphatic hydroxyl groups excluding tert-OH is 1. The smallest absolute Gasteiger partial charge is 0.309 e. The predicted octanol–water partition coefficient (Wildman–Crippen LogP) is 0.486. The predicted molar refractivity (Wildman–Crippen MR) is 64.3 cm³/mol. The molecule has 0 radical (unpaired) electrons. The molecule has 0 saturated heterocycles. The Morgan fingerprint density at radius 3 is 1.74 bits per heavy atom. The molecule has 0 heterocycles. The molecule has 0 aromatic carbocycles. The van der Waals surface area contributed by atoms with Crippen LogP contribution in [0.5, 0.6) is 0 Å². The lowest BCUT2D eigenvalue weighted by Crippen LogP contribution is -2.24. The summed E-state index contributed by atoms with van der Waals surface area (Å²) >= 11 is 0. The van der Waals surface area contributed by atoms with Crippen LogP contribution in [0, 0.1) is 0 Å². The maximum Gasteiger partial charge on any atom is 0.309 e. The normalized spacial score (nSPS) is 15.2. The largest absolute Gasteiger partial charge is 0.481 e. The second-order valence-electron chi connectivity index (χ2n) is 4.46. The molecule has 7 nitrogen and oxygen atoms in total. The average molecular weight is 276 g/mol. The molecule has 0 rings (SSSR count). The monoisotopic (exact) mass is 276 g/mol. The molecule has 0 aromatic rings. The van der Waals surface area contributed by atoms with Gasteiger partial charge in [-0.15, -0.1) is 0 Å². The Kier molecular flexibility index (Phi) is 7.74. The van der Waals surface area contributed by atoms with Crippen LogP contribution in [-0.2, 0) is 23.9 Å². The first kappa shape index (κ1) is 17.4. The molecule has 0 aliphatic carbocycles. The zero-order chi connectivity index (χ0) is 15.0. The maximum atomic E-state index is 11.4. The zero-order valence-electron chi connectivity index (χ0n) is 11.3. The lowest BCUT2D eigenvalue weighted by Gasteiger charge is -2.15. The number of carbonyl (C=O) groups excluding carboxylic acids is 2. The first-order valence-corrected chi connectivity index (χ1v) is 5.99. The molecule has 0 aliphatic heterocycles. The third-order valence-corrected chi connectivity index (χ3v) is 2.04. The van der Waals surface area contributed by atoms with E-state index in [0.717, 1.165) is 0 Å². The van der Waals surface area contributed by atoms with Crippen molar-refractivity contribution in [3.05, 3.63) is 0 Å². The van der Waals surface area contributed by atoms with E-state index in [2.05, 4.69) is 0 Å². The number of hydrogen-bond donors (Lipinski definition) is 2. The number of carboxylic acid groups (broad SMARTS) is 1. The van der Waals surface area contributed by atoms with Crippen LogP contribution in [0.1, 0.15) is 40.0 Å². The van der Waals surface area contributed by atoms with Gasteiger partial charge in [0.05, 0.1) is 25.4 Å². The van der Waals surface area contributed by atoms with Gasteiger partial charge in [-0.25, -0.2) is 0 Å². The first-order valence-electron chi connectivity index (χ1n) is 5.99. The third-order valence-electron chi connectivity index (χ3n) is 2.04. The highest BCUT2D eigenvalue weighted by Gasteiger charge is 2.18. The Labute approximate surface area is 111 Å². The van der Waals surface area contributed by atoms with Crippen molar-refractivity contribution in [3.63, 3.8) is 0 Å². The Hall–Kier alpha value is -1.63. The zero-order valence-corrected chi connectivity index (χ0v) is 11.3. The number of rotatable bonds is 8. The summed E-state index contributed by atoms with van der Waals surface area (Å²) in [6.45, 7) is 4.44. The molecule has 0 unspecified atom stereocenters. The van der Waals surface area contributed by atoms with Crippen LogP contribution < -0.4 is 0 Å². The minimum absolute atomic E-state index is 0.144. The summed E-state index contributed by atoms with van der Waals surface area (Å²) in [5.74, 6) is -2.29. The van der Waals surface area contributed by atoms with Crippen molar-refractivity contribution >= 4 is 17.9 Å². The molecule has 2 N–H and O–H groups in total. The molecule has 0 bridgehead atoms. The van der Waals surface area contributed by atoms with Gasteiger partial charge < -0.3 is 19.7 Å². The second kappa shape index (κ2) is 8.47. The van der Waals surface area contributed by atoms with E-state index in [4.69, 9.17) is 19.7 Å². The fourth-order valence-electron chi connectivity index (χ4n) is 1.35. The van der Waals surface area contributed by atoms with E-state index in [1.165, 1.54) is 20.8 Å². The third kappa shape index (κ3) is 10.0. The summed E-state index contributed by atoms with van der Waals surface area (Å²) in [5, 5.41) is 17.5. The van der Waals surface area contributed by atoms with Gasteiger partial charge in [0.2, 0.25) is 0 Å². The van der Waals surface area contributed by atoms with E-state index in [1.54, 1.807) is 0 Å². The highest BCUT2D eigenvalue weighted by Crippen LogP contribution is 2.06. The molecule has 110 valence electrons. The van der Waals surface area contributed by atoms with Gasteiger partial charge in [0.25, 0.3) is 0 Å². The first-order chi connectivity index (χ1) is 8.70. The van der Waals surface area contributed by atoms with Gasteiger partial charge in [-0.2, -0.15) is 0 Å². The molecule has 7 heteroatoms. The fourth-order valence-corrected chi connectivity index (χ4v) is 1.35. The van der Waals surface area contributed by atoms with Crippen LogP contribution in [0.3, 0.4) is 0 Å². The molecule has 0 aliphatic rings. The van der Waals surface area contributed by atoms with Gasteiger partial charge in [-0.05, 0) is 20.8 Å². The van der Waals surface area contributed by atoms with Crippen LogP contribution in [0.15, 0.2) is 0 Å². The van der Waals surface area contributed by atoms with Crippen LogP contribution in [0.25, 0.3) is 0 Å². The van der Waals surface area contributed by atoms with Crippen LogP contribution in [0.4, 0.5) is 0 Å². The lowest BCUT2D eigenvalue weighted by molar-refractivity contribution is -0.158. The summed E-state index contributed by atoms with van der Waals surface area (Å²) in [6.07, 6.45) is -2.80. The fraction of sp³-hybridized carbons (Fsp3) is 0.750. The minimum Gasteiger partial charge on any atom is -0.481 e. The molecule has 0 fully saturated rings. The summed E-state index contributed by atoms with van der Waals surface area (Å²) in [5.41, 5.74) is 0. The van der Waals surface area contributed by atoms with E-state index in [9.17, 15) is 14.4 Å². The molecular weight excluding hydrogens is 256 g/mol. The van der Waals surface area contributed by atoms with Crippen molar-refractivity contribution in [2.45, 2.75) is 58.3 Å². The van der Waals surface area contributed by atoms with Crippen molar-refractivity contribution in [2.75, 3.05) is 0 Å².